The van der Waals surface area contributed by atoms with Crippen molar-refractivity contribution in [3.05, 3.63) is 0 Å². The van der Waals surface area contributed by atoms with Gasteiger partial charge in [-0.05, 0) is 12.8 Å². The van der Waals surface area contributed by atoms with E-state index in [1.54, 1.807) is 4.90 Å². The van der Waals surface area contributed by atoms with Gasteiger partial charge in [-0.2, -0.15) is 0 Å². The topological polar surface area (TPSA) is 101 Å². The van der Waals surface area contributed by atoms with E-state index in [1.165, 1.54) is 0 Å². The summed E-state index contributed by atoms with van der Waals surface area (Å²) in [5.74, 6) is -1.32. The van der Waals surface area contributed by atoms with Crippen molar-refractivity contribution in [1.29, 1.82) is 0 Å². The van der Waals surface area contributed by atoms with Crippen molar-refractivity contribution in [2.45, 2.75) is 25.4 Å². The molecule has 0 radical (unpaired) electrons. The Morgan fingerprint density at radius 2 is 1.89 bits per heavy atom. The molecule has 0 atom stereocenters. The summed E-state index contributed by atoms with van der Waals surface area (Å²) in [6.07, 6.45) is 2.12. The van der Waals surface area contributed by atoms with Crippen LogP contribution in [0, 0.1) is 0 Å². The maximum absolute atomic E-state index is 11.7. The molecule has 1 aliphatic rings. The van der Waals surface area contributed by atoms with Crippen molar-refractivity contribution in [3.8, 4) is 0 Å². The number of amides is 1. The lowest BCUT2D eigenvalue weighted by molar-refractivity contribution is -0.146. The van der Waals surface area contributed by atoms with Crippen LogP contribution in [0.1, 0.15) is 19.3 Å². The lowest BCUT2D eigenvalue weighted by Gasteiger charge is -2.31. The molecule has 0 spiro atoms. The number of hydrogen-bond acceptors (Lipinski definition) is 5. The summed E-state index contributed by atoms with van der Waals surface area (Å²) in [6.45, 7) is 0.631. The molecular formula is C11H19NO6S. The molecule has 1 saturated heterocycles. The fourth-order valence-corrected chi connectivity index (χ4v) is 2.44. The summed E-state index contributed by atoms with van der Waals surface area (Å²) < 4.78 is 27.1. The number of rotatable bonds is 6. The number of hydrogen-bond donors (Lipinski definition) is 1. The molecule has 0 aromatic carbocycles. The summed E-state index contributed by atoms with van der Waals surface area (Å²) in [5.41, 5.74) is 0. The molecule has 1 heterocycles. The molecule has 7 nitrogen and oxygen atoms in total. The normalized spacial score (nSPS) is 17.4. The predicted octanol–water partition coefficient (Wildman–Crippen LogP) is -0.487. The average molecular weight is 293 g/mol. The minimum atomic E-state index is -3.12. The second-order valence-corrected chi connectivity index (χ2v) is 6.92. The minimum absolute atomic E-state index is 0.000513. The fraction of sp³-hybridized carbons (Fsp3) is 0.818. The van der Waals surface area contributed by atoms with Crippen LogP contribution in [0.15, 0.2) is 0 Å². The number of sulfone groups is 1. The number of nitrogens with zero attached hydrogens (tertiary/aromatic N) is 1. The standard InChI is InChI=1S/C11H19NO6S/c1-19(16,17)7-4-10(13)12-5-2-9(3-6-12)18-8-11(14)15/h9H,2-8H2,1H3,(H,14,15). The Kier molecular flexibility index (Phi) is 5.74. The van der Waals surface area contributed by atoms with Crippen molar-refractivity contribution in [2.75, 3.05) is 31.7 Å². The summed E-state index contributed by atoms with van der Waals surface area (Å²) >= 11 is 0. The van der Waals surface area contributed by atoms with Gasteiger partial charge in [-0.1, -0.05) is 0 Å². The zero-order valence-electron chi connectivity index (χ0n) is 10.9. The van der Waals surface area contributed by atoms with E-state index in [1.807, 2.05) is 0 Å². The highest BCUT2D eigenvalue weighted by atomic mass is 32.2. The van der Waals surface area contributed by atoms with Crippen LogP contribution >= 0.6 is 0 Å². The van der Waals surface area contributed by atoms with Crippen LogP contribution in [-0.2, 0) is 24.2 Å². The highest BCUT2D eigenvalue weighted by molar-refractivity contribution is 7.90. The van der Waals surface area contributed by atoms with Crippen molar-refractivity contribution in [1.82, 2.24) is 4.90 Å². The zero-order chi connectivity index (χ0) is 14.5. The second kappa shape index (κ2) is 6.85. The number of piperidine rings is 1. The molecule has 0 unspecified atom stereocenters. The van der Waals surface area contributed by atoms with E-state index in [4.69, 9.17) is 9.84 Å². The number of ether oxygens (including phenoxy) is 1. The van der Waals surface area contributed by atoms with Gasteiger partial charge in [0.25, 0.3) is 0 Å². The van der Waals surface area contributed by atoms with Gasteiger partial charge in [0.2, 0.25) is 5.91 Å². The average Bonchev–Trinajstić information content (AvgIpc) is 2.33. The van der Waals surface area contributed by atoms with E-state index >= 15 is 0 Å². The molecular weight excluding hydrogens is 274 g/mol. The predicted molar refractivity (Wildman–Crippen MR) is 67.5 cm³/mol. The molecule has 1 amide bonds. The maximum atomic E-state index is 11.7. The number of carboxylic acid groups (broad SMARTS) is 1. The summed E-state index contributed by atoms with van der Waals surface area (Å²) in [7, 11) is -3.12. The molecule has 110 valence electrons. The molecule has 1 N–H and O–H groups in total. The van der Waals surface area contributed by atoms with E-state index in [9.17, 15) is 18.0 Å². The number of carbonyl (C=O) groups is 2. The first-order valence-corrected chi connectivity index (χ1v) is 8.13. The van der Waals surface area contributed by atoms with E-state index in [-0.39, 0.29) is 30.8 Å². The van der Waals surface area contributed by atoms with Gasteiger partial charge in [0.1, 0.15) is 16.4 Å². The van der Waals surface area contributed by atoms with E-state index in [0.29, 0.717) is 25.9 Å². The summed E-state index contributed by atoms with van der Waals surface area (Å²) in [4.78, 5) is 23.7. The molecule has 0 aromatic rings. The summed E-state index contributed by atoms with van der Waals surface area (Å²) in [6, 6.07) is 0. The molecule has 19 heavy (non-hydrogen) atoms. The Morgan fingerprint density at radius 3 is 2.37 bits per heavy atom. The van der Waals surface area contributed by atoms with Gasteiger partial charge in [-0.3, -0.25) is 4.79 Å². The van der Waals surface area contributed by atoms with Crippen molar-refractivity contribution >= 4 is 21.7 Å². The van der Waals surface area contributed by atoms with Gasteiger partial charge in [-0.15, -0.1) is 0 Å². The highest BCUT2D eigenvalue weighted by Crippen LogP contribution is 2.14. The Bertz CT molecular complexity index is 424. The van der Waals surface area contributed by atoms with Crippen LogP contribution in [-0.4, -0.2) is 68.1 Å². The molecule has 0 aliphatic carbocycles. The number of likely N-dealkylation sites (tertiary alicyclic amines) is 1. The van der Waals surface area contributed by atoms with E-state index in [2.05, 4.69) is 0 Å². The van der Waals surface area contributed by atoms with Crippen LogP contribution in [0.5, 0.6) is 0 Å². The molecule has 1 fully saturated rings. The lowest BCUT2D eigenvalue weighted by atomic mass is 10.1. The molecule has 0 saturated carbocycles. The van der Waals surface area contributed by atoms with Gasteiger partial charge in [-0.25, -0.2) is 13.2 Å². The van der Waals surface area contributed by atoms with Crippen molar-refractivity contribution in [3.63, 3.8) is 0 Å². The quantitative estimate of drug-likeness (QED) is 0.709. The number of carboxylic acids is 1. The third kappa shape index (κ3) is 6.53. The zero-order valence-corrected chi connectivity index (χ0v) is 11.7. The third-order valence-corrected chi connectivity index (χ3v) is 3.87. The van der Waals surface area contributed by atoms with Gasteiger partial charge in [0, 0.05) is 25.8 Å². The minimum Gasteiger partial charge on any atom is -0.480 e. The van der Waals surface area contributed by atoms with Crippen LogP contribution in [0.4, 0.5) is 0 Å². The third-order valence-electron chi connectivity index (χ3n) is 2.92. The van der Waals surface area contributed by atoms with Crippen LogP contribution < -0.4 is 0 Å². The van der Waals surface area contributed by atoms with Crippen LogP contribution in [0.2, 0.25) is 0 Å². The van der Waals surface area contributed by atoms with Gasteiger partial charge < -0.3 is 14.7 Å². The smallest absolute Gasteiger partial charge is 0.329 e. The largest absolute Gasteiger partial charge is 0.480 e. The monoisotopic (exact) mass is 293 g/mol. The summed E-state index contributed by atoms with van der Waals surface area (Å²) in [5, 5.41) is 8.48. The number of aliphatic carboxylic acids is 1. The molecule has 8 heteroatoms. The molecule has 1 aliphatic heterocycles. The van der Waals surface area contributed by atoms with Crippen LogP contribution in [0.3, 0.4) is 0 Å². The van der Waals surface area contributed by atoms with Gasteiger partial charge in [0.05, 0.1) is 11.9 Å². The van der Waals surface area contributed by atoms with Gasteiger partial charge >= 0.3 is 5.97 Å². The first-order chi connectivity index (χ1) is 8.78. The van der Waals surface area contributed by atoms with E-state index < -0.39 is 15.8 Å². The van der Waals surface area contributed by atoms with Crippen molar-refractivity contribution in [2.24, 2.45) is 0 Å². The number of carbonyl (C=O) groups excluding carboxylic acids is 1. The Balaban J connectivity index is 2.29. The van der Waals surface area contributed by atoms with Crippen molar-refractivity contribution < 1.29 is 27.9 Å². The van der Waals surface area contributed by atoms with E-state index in [0.717, 1.165) is 6.26 Å². The Morgan fingerprint density at radius 1 is 1.32 bits per heavy atom. The Labute approximate surface area is 112 Å². The SMILES string of the molecule is CS(=O)(=O)CCC(=O)N1CCC(OCC(=O)O)CC1. The molecule has 0 bridgehead atoms. The Hall–Kier alpha value is -1.15. The molecule has 0 aromatic heterocycles. The second-order valence-electron chi connectivity index (χ2n) is 4.66. The highest BCUT2D eigenvalue weighted by Gasteiger charge is 2.24. The first kappa shape index (κ1) is 15.9. The first-order valence-electron chi connectivity index (χ1n) is 6.07. The maximum Gasteiger partial charge on any atom is 0.329 e. The fourth-order valence-electron chi connectivity index (χ4n) is 1.89. The molecule has 1 rings (SSSR count). The van der Waals surface area contributed by atoms with Gasteiger partial charge in [0.15, 0.2) is 0 Å². The lowest BCUT2D eigenvalue weighted by Crippen LogP contribution is -2.41. The van der Waals surface area contributed by atoms with Crippen LogP contribution in [0.25, 0.3) is 0 Å².